The van der Waals surface area contributed by atoms with Crippen LogP contribution in [0.4, 0.5) is 5.69 Å². The Morgan fingerprint density at radius 3 is 2.63 bits per heavy atom. The molecule has 4 N–H and O–H groups in total. The number of aryl methyl sites for hydroxylation is 1. The molecule has 186 valence electrons. The zero-order valence-corrected chi connectivity index (χ0v) is 20.9. The van der Waals surface area contributed by atoms with Crippen molar-refractivity contribution in [2.75, 3.05) is 45.4 Å². The fourth-order valence-electron chi connectivity index (χ4n) is 4.74. The number of carbonyl (C=O) groups excluding carboxylic acids is 1. The molecule has 8 heteroatoms. The number of hydrogen-bond acceptors (Lipinski definition) is 7. The monoisotopic (exact) mass is 477 g/mol. The molecule has 2 aliphatic heterocycles. The second-order valence-corrected chi connectivity index (χ2v) is 9.22. The number of fused-ring (bicyclic) bond motifs is 2. The normalized spacial score (nSPS) is 20.7. The Hall–Kier alpha value is -3.36. The molecule has 0 radical (unpaired) electrons. The fraction of sp³-hybridized carbons (Fsp3) is 0.407. The molecule has 0 aliphatic carbocycles. The van der Waals surface area contributed by atoms with Crippen molar-refractivity contribution in [1.82, 2.24) is 16.0 Å². The summed E-state index contributed by atoms with van der Waals surface area (Å²) in [5.74, 6) is 0.562. The molecule has 2 fully saturated rings. The highest BCUT2D eigenvalue weighted by Crippen LogP contribution is 2.27. The number of rotatable bonds is 8. The smallest absolute Gasteiger partial charge is 0.252 e. The average molecular weight is 478 g/mol. The molecule has 35 heavy (non-hydrogen) atoms. The highest BCUT2D eigenvalue weighted by atomic mass is 16.5. The Balaban J connectivity index is 1.54. The van der Waals surface area contributed by atoms with E-state index in [0.29, 0.717) is 23.4 Å². The Kier molecular flexibility index (Phi) is 7.73. The number of nitrogens with zero attached hydrogens (tertiary/aromatic N) is 1. The maximum Gasteiger partial charge on any atom is 0.252 e. The molecule has 0 unspecified atom stereocenters. The summed E-state index contributed by atoms with van der Waals surface area (Å²) >= 11 is 0. The van der Waals surface area contributed by atoms with Gasteiger partial charge in [-0.05, 0) is 60.9 Å². The Labute approximate surface area is 207 Å². The third-order valence-corrected chi connectivity index (χ3v) is 6.62. The van der Waals surface area contributed by atoms with Crippen LogP contribution in [0.15, 0.2) is 42.6 Å². The van der Waals surface area contributed by atoms with Gasteiger partial charge in [-0.25, -0.2) is 0 Å². The first-order valence-corrected chi connectivity index (χ1v) is 12.0. The standard InChI is InChI=1S/C27H35N5O3/c1-17-5-6-24(32-13-22-15-35-16-23(14-32)31-22)10-26(17)27(33)30-18(2)19-7-20(9-25(8-19)34-4)21(11-28)12-29-3/h5-12,18,22-23,28-29,31H,13-16H2,1-4H3,(H,30,33)/b21-12+,28-11?/t18-,22-,23+/m1/s1. The van der Waals surface area contributed by atoms with Gasteiger partial charge in [-0.3, -0.25) is 4.79 Å². The van der Waals surface area contributed by atoms with Gasteiger partial charge < -0.3 is 35.7 Å². The first kappa shape index (κ1) is 24.8. The predicted octanol–water partition coefficient (Wildman–Crippen LogP) is 2.88. The van der Waals surface area contributed by atoms with Crippen LogP contribution in [0, 0.1) is 12.3 Å². The van der Waals surface area contributed by atoms with Gasteiger partial charge in [0.1, 0.15) is 5.75 Å². The van der Waals surface area contributed by atoms with Gasteiger partial charge in [-0.1, -0.05) is 6.07 Å². The molecule has 2 aromatic carbocycles. The number of amides is 1. The Morgan fingerprint density at radius 1 is 1.23 bits per heavy atom. The van der Waals surface area contributed by atoms with E-state index in [0.717, 1.165) is 54.3 Å². The van der Waals surface area contributed by atoms with Crippen LogP contribution in [-0.4, -0.2) is 64.7 Å². The fourth-order valence-corrected chi connectivity index (χ4v) is 4.74. The summed E-state index contributed by atoms with van der Waals surface area (Å²) in [5.41, 5.74) is 5.14. The number of allylic oxidation sites excluding steroid dienone is 1. The first-order valence-electron chi connectivity index (χ1n) is 12.0. The van der Waals surface area contributed by atoms with Gasteiger partial charge in [0.25, 0.3) is 5.91 Å². The lowest BCUT2D eigenvalue weighted by atomic mass is 9.99. The highest BCUT2D eigenvalue weighted by Gasteiger charge is 2.31. The molecule has 1 amide bonds. The SMILES string of the molecule is CN/C=C(\C=N)c1cc(OC)cc([C@@H](C)NC(=O)c2cc(N3C[C@H]4COC[C@@H](C3)N4)ccc2C)c1. The van der Waals surface area contributed by atoms with Gasteiger partial charge in [-0.15, -0.1) is 0 Å². The lowest BCUT2D eigenvalue weighted by Gasteiger charge is -2.43. The van der Waals surface area contributed by atoms with E-state index in [9.17, 15) is 4.79 Å². The summed E-state index contributed by atoms with van der Waals surface area (Å²) < 4.78 is 11.2. The average Bonchev–Trinajstić information content (AvgIpc) is 2.86. The maximum atomic E-state index is 13.4. The molecule has 0 saturated carbocycles. The second kappa shape index (κ2) is 10.9. The first-order chi connectivity index (χ1) is 16.9. The molecule has 2 aromatic rings. The van der Waals surface area contributed by atoms with Crippen LogP contribution in [0.25, 0.3) is 5.57 Å². The molecule has 8 nitrogen and oxygen atoms in total. The van der Waals surface area contributed by atoms with Crippen molar-refractivity contribution in [2.24, 2.45) is 0 Å². The number of nitrogens with one attached hydrogen (secondary N) is 4. The van der Waals surface area contributed by atoms with Crippen LogP contribution in [0.1, 0.15) is 40.0 Å². The number of methoxy groups -OCH3 is 1. The van der Waals surface area contributed by atoms with E-state index >= 15 is 0 Å². The molecule has 3 atom stereocenters. The molecule has 0 spiro atoms. The minimum Gasteiger partial charge on any atom is -0.497 e. The lowest BCUT2D eigenvalue weighted by Crippen LogP contribution is -2.62. The summed E-state index contributed by atoms with van der Waals surface area (Å²) in [6.07, 6.45) is 3.06. The van der Waals surface area contributed by atoms with Crippen LogP contribution in [0.5, 0.6) is 5.75 Å². The van der Waals surface area contributed by atoms with Crippen LogP contribution in [-0.2, 0) is 4.74 Å². The number of carbonyl (C=O) groups is 1. The molecule has 2 aliphatic rings. The third kappa shape index (κ3) is 5.66. The molecule has 0 aromatic heterocycles. The Bertz CT molecular complexity index is 1100. The van der Waals surface area contributed by atoms with Crippen LogP contribution < -0.4 is 25.6 Å². The van der Waals surface area contributed by atoms with E-state index in [1.165, 1.54) is 6.21 Å². The van der Waals surface area contributed by atoms with Crippen molar-refractivity contribution in [3.05, 3.63) is 64.9 Å². The predicted molar refractivity (Wildman–Crippen MR) is 140 cm³/mol. The van der Waals surface area contributed by atoms with Crippen molar-refractivity contribution < 1.29 is 14.3 Å². The summed E-state index contributed by atoms with van der Waals surface area (Å²) in [7, 11) is 3.41. The minimum atomic E-state index is -0.253. The quantitative estimate of drug-likeness (QED) is 0.437. The summed E-state index contributed by atoms with van der Waals surface area (Å²) in [5, 5.41) is 17.5. The van der Waals surface area contributed by atoms with Gasteiger partial charge in [0.05, 0.1) is 26.4 Å². The van der Waals surface area contributed by atoms with E-state index in [1.54, 1.807) is 20.4 Å². The van der Waals surface area contributed by atoms with Gasteiger partial charge in [0.2, 0.25) is 0 Å². The van der Waals surface area contributed by atoms with Crippen molar-refractivity contribution in [1.29, 1.82) is 5.41 Å². The van der Waals surface area contributed by atoms with Crippen molar-refractivity contribution >= 4 is 23.4 Å². The van der Waals surface area contributed by atoms with Crippen molar-refractivity contribution in [3.63, 3.8) is 0 Å². The second-order valence-electron chi connectivity index (χ2n) is 9.22. The van der Waals surface area contributed by atoms with Crippen LogP contribution in [0.2, 0.25) is 0 Å². The number of piperazine rings is 1. The third-order valence-electron chi connectivity index (χ3n) is 6.62. The zero-order valence-electron chi connectivity index (χ0n) is 20.9. The Morgan fingerprint density at radius 2 is 1.97 bits per heavy atom. The molecule has 4 rings (SSSR count). The largest absolute Gasteiger partial charge is 0.497 e. The van der Waals surface area contributed by atoms with E-state index in [-0.39, 0.29) is 11.9 Å². The van der Waals surface area contributed by atoms with Crippen LogP contribution in [0.3, 0.4) is 0 Å². The molecule has 2 saturated heterocycles. The number of ether oxygens (including phenoxy) is 2. The van der Waals surface area contributed by atoms with Gasteiger partial charge in [0, 0.05) is 61.5 Å². The zero-order chi connectivity index (χ0) is 24.9. The van der Waals surface area contributed by atoms with E-state index in [1.807, 2.05) is 44.2 Å². The van der Waals surface area contributed by atoms with Crippen LogP contribution >= 0.6 is 0 Å². The maximum absolute atomic E-state index is 13.4. The lowest BCUT2D eigenvalue weighted by molar-refractivity contribution is 0.0376. The van der Waals surface area contributed by atoms with Gasteiger partial charge >= 0.3 is 0 Å². The van der Waals surface area contributed by atoms with E-state index in [2.05, 4.69) is 26.9 Å². The van der Waals surface area contributed by atoms with E-state index in [4.69, 9.17) is 14.9 Å². The summed E-state index contributed by atoms with van der Waals surface area (Å²) in [6.45, 7) is 7.08. The van der Waals surface area contributed by atoms with Crippen molar-refractivity contribution in [3.8, 4) is 5.75 Å². The topological polar surface area (TPSA) is 98.7 Å². The highest BCUT2D eigenvalue weighted by molar-refractivity contribution is 6.08. The van der Waals surface area contributed by atoms with Crippen molar-refractivity contribution in [2.45, 2.75) is 32.0 Å². The summed E-state index contributed by atoms with van der Waals surface area (Å²) in [6, 6.07) is 12.3. The molecular weight excluding hydrogens is 442 g/mol. The molecule has 2 heterocycles. The number of anilines is 1. The molecule has 2 bridgehead atoms. The number of benzene rings is 2. The van der Waals surface area contributed by atoms with Gasteiger partial charge in [-0.2, -0.15) is 0 Å². The minimum absolute atomic E-state index is 0.113. The number of hydrogen-bond donors (Lipinski definition) is 4. The number of morpholine rings is 1. The molecular formula is C27H35N5O3. The van der Waals surface area contributed by atoms with Gasteiger partial charge in [0.15, 0.2) is 0 Å². The summed E-state index contributed by atoms with van der Waals surface area (Å²) in [4.78, 5) is 15.7. The van der Waals surface area contributed by atoms with E-state index < -0.39 is 0 Å².